The van der Waals surface area contributed by atoms with Gasteiger partial charge in [-0.05, 0) is 101 Å². The second kappa shape index (κ2) is 9.19. The van der Waals surface area contributed by atoms with E-state index in [4.69, 9.17) is 4.74 Å². The van der Waals surface area contributed by atoms with E-state index >= 15 is 0 Å². The van der Waals surface area contributed by atoms with Crippen molar-refractivity contribution in [3.8, 4) is 0 Å². The molecule has 4 saturated carbocycles. The Hall–Kier alpha value is -0.640. The molecule has 0 bridgehead atoms. The molecule has 3 heteroatoms. The standard InChI is InChI=1S/C29H48O3/c1-20(8-6-15-27(2,3)31)24-12-13-25-21(9-7-16-28(24,25)4)18-26(32-5)29-19-23(29)11-10-22(29)14-17-30/h14,18,20,23-26,30-31H,6-13,15-17,19H2,1-5H3/b21-18+,22-14+/t20-,23?,24-,25+,26-,28-,29?/m1/s1. The van der Waals surface area contributed by atoms with E-state index in [2.05, 4.69) is 26.0 Å². The van der Waals surface area contributed by atoms with E-state index in [1.807, 2.05) is 21.0 Å². The number of aliphatic hydroxyl groups excluding tert-OH is 1. The minimum atomic E-state index is -0.540. The second-order valence-corrected chi connectivity index (χ2v) is 12.6. The molecule has 2 unspecified atom stereocenters. The minimum absolute atomic E-state index is 0.157. The van der Waals surface area contributed by atoms with Gasteiger partial charge in [0.2, 0.25) is 0 Å². The van der Waals surface area contributed by atoms with E-state index in [-0.39, 0.29) is 18.1 Å². The summed E-state index contributed by atoms with van der Waals surface area (Å²) in [6, 6.07) is 0. The van der Waals surface area contributed by atoms with Crippen molar-refractivity contribution in [3.63, 3.8) is 0 Å². The number of ether oxygens (including phenoxy) is 1. The second-order valence-electron chi connectivity index (χ2n) is 12.6. The third kappa shape index (κ3) is 4.39. The summed E-state index contributed by atoms with van der Waals surface area (Å²) in [4.78, 5) is 0. The molecule has 0 radical (unpaired) electrons. The summed E-state index contributed by atoms with van der Waals surface area (Å²) in [6.07, 6.45) is 18.3. The summed E-state index contributed by atoms with van der Waals surface area (Å²) in [5, 5.41) is 19.7. The Morgan fingerprint density at radius 1 is 1.22 bits per heavy atom. The normalized spacial score (nSPS) is 41.0. The van der Waals surface area contributed by atoms with E-state index in [9.17, 15) is 10.2 Å². The van der Waals surface area contributed by atoms with Crippen molar-refractivity contribution in [1.29, 1.82) is 0 Å². The maximum atomic E-state index is 10.1. The molecule has 0 aromatic rings. The van der Waals surface area contributed by atoms with E-state index in [0.717, 1.165) is 37.0 Å². The van der Waals surface area contributed by atoms with Crippen LogP contribution in [0.15, 0.2) is 23.3 Å². The number of methoxy groups -OCH3 is 1. The lowest BCUT2D eigenvalue weighted by molar-refractivity contribution is 0.0588. The summed E-state index contributed by atoms with van der Waals surface area (Å²) in [7, 11) is 1.89. The zero-order valence-electron chi connectivity index (χ0n) is 21.3. The molecule has 0 aliphatic heterocycles. The van der Waals surface area contributed by atoms with Crippen molar-refractivity contribution in [2.45, 2.75) is 110 Å². The highest BCUT2D eigenvalue weighted by atomic mass is 16.5. The summed E-state index contributed by atoms with van der Waals surface area (Å²) < 4.78 is 6.18. The largest absolute Gasteiger partial charge is 0.392 e. The molecule has 4 aliphatic carbocycles. The Morgan fingerprint density at radius 3 is 2.66 bits per heavy atom. The van der Waals surface area contributed by atoms with Crippen LogP contribution < -0.4 is 0 Å². The fraction of sp³-hybridized carbons (Fsp3) is 0.862. The van der Waals surface area contributed by atoms with Gasteiger partial charge in [0.25, 0.3) is 0 Å². The number of fused-ring (bicyclic) bond motifs is 2. The van der Waals surface area contributed by atoms with Crippen LogP contribution in [0.1, 0.15) is 98.3 Å². The van der Waals surface area contributed by atoms with Crippen LogP contribution in [-0.4, -0.2) is 35.6 Å². The lowest BCUT2D eigenvalue weighted by Crippen LogP contribution is -2.37. The molecule has 182 valence electrons. The fourth-order valence-corrected chi connectivity index (χ4v) is 8.49. The van der Waals surface area contributed by atoms with Gasteiger partial charge in [-0.15, -0.1) is 0 Å². The molecule has 0 spiro atoms. The van der Waals surface area contributed by atoms with Crippen molar-refractivity contribution < 1.29 is 14.9 Å². The van der Waals surface area contributed by atoms with Crippen molar-refractivity contribution in [1.82, 2.24) is 0 Å². The summed E-state index contributed by atoms with van der Waals surface area (Å²) in [5.41, 5.74) is 3.18. The zero-order valence-corrected chi connectivity index (χ0v) is 21.3. The van der Waals surface area contributed by atoms with Gasteiger partial charge >= 0.3 is 0 Å². The van der Waals surface area contributed by atoms with Crippen molar-refractivity contribution in [3.05, 3.63) is 23.3 Å². The zero-order chi connectivity index (χ0) is 23.1. The molecule has 32 heavy (non-hydrogen) atoms. The molecule has 7 atom stereocenters. The highest BCUT2D eigenvalue weighted by molar-refractivity contribution is 5.37. The number of allylic oxidation sites excluding steroid dienone is 1. The first-order valence-corrected chi connectivity index (χ1v) is 13.4. The van der Waals surface area contributed by atoms with Crippen molar-refractivity contribution >= 4 is 0 Å². The van der Waals surface area contributed by atoms with Crippen LogP contribution in [0.25, 0.3) is 0 Å². The highest BCUT2D eigenvalue weighted by Crippen LogP contribution is 2.69. The van der Waals surface area contributed by atoms with Crippen LogP contribution in [-0.2, 0) is 4.74 Å². The third-order valence-corrected chi connectivity index (χ3v) is 10.2. The van der Waals surface area contributed by atoms with Gasteiger partial charge in [0.1, 0.15) is 0 Å². The van der Waals surface area contributed by atoms with Crippen LogP contribution >= 0.6 is 0 Å². The Kier molecular flexibility index (Phi) is 7.03. The van der Waals surface area contributed by atoms with E-state index in [1.54, 1.807) is 5.57 Å². The SMILES string of the molecule is CO[C@H](/C=C1\CCC[C@]2(C)[C@@H]([C@H](C)CCCC(C)(C)O)CC[C@@H]12)C12CC1CC/C2=C\CO. The summed E-state index contributed by atoms with van der Waals surface area (Å²) in [6.45, 7) is 9.08. The first-order valence-electron chi connectivity index (χ1n) is 13.4. The van der Waals surface area contributed by atoms with Gasteiger partial charge in [-0.1, -0.05) is 50.0 Å². The quantitative estimate of drug-likeness (QED) is 0.402. The van der Waals surface area contributed by atoms with Gasteiger partial charge < -0.3 is 14.9 Å². The van der Waals surface area contributed by atoms with E-state index in [1.165, 1.54) is 56.9 Å². The molecule has 0 aromatic heterocycles. The number of hydrogen-bond acceptors (Lipinski definition) is 3. The molecule has 4 aliphatic rings. The minimum Gasteiger partial charge on any atom is -0.392 e. The molecule has 4 rings (SSSR count). The molecular formula is C29H48O3. The number of aliphatic hydroxyl groups is 2. The van der Waals surface area contributed by atoms with Gasteiger partial charge in [0.15, 0.2) is 0 Å². The van der Waals surface area contributed by atoms with Gasteiger partial charge in [0.05, 0.1) is 18.3 Å². The van der Waals surface area contributed by atoms with Crippen LogP contribution in [0.5, 0.6) is 0 Å². The predicted octanol–water partition coefficient (Wildman–Crippen LogP) is 6.44. The van der Waals surface area contributed by atoms with Crippen LogP contribution in [0.4, 0.5) is 0 Å². The molecule has 0 amide bonds. The average Bonchev–Trinajstić information content (AvgIpc) is 3.18. The molecule has 0 aromatic carbocycles. The smallest absolute Gasteiger partial charge is 0.0850 e. The van der Waals surface area contributed by atoms with Crippen LogP contribution in [0.3, 0.4) is 0 Å². The van der Waals surface area contributed by atoms with Gasteiger partial charge in [0, 0.05) is 12.5 Å². The first-order chi connectivity index (χ1) is 15.2. The molecular weight excluding hydrogens is 396 g/mol. The fourth-order valence-electron chi connectivity index (χ4n) is 8.49. The Labute approximate surface area is 196 Å². The summed E-state index contributed by atoms with van der Waals surface area (Å²) >= 11 is 0. The Morgan fingerprint density at radius 2 is 2.00 bits per heavy atom. The monoisotopic (exact) mass is 444 g/mol. The molecule has 3 nitrogen and oxygen atoms in total. The maximum absolute atomic E-state index is 10.1. The first kappa shape index (κ1) is 24.5. The lowest BCUT2D eigenvalue weighted by atomic mass is 9.60. The third-order valence-electron chi connectivity index (χ3n) is 10.2. The Bertz CT molecular complexity index is 731. The topological polar surface area (TPSA) is 49.7 Å². The maximum Gasteiger partial charge on any atom is 0.0850 e. The van der Waals surface area contributed by atoms with Crippen LogP contribution in [0, 0.1) is 34.5 Å². The molecule has 2 N–H and O–H groups in total. The summed E-state index contributed by atoms with van der Waals surface area (Å²) in [5.74, 6) is 2.98. The lowest BCUT2D eigenvalue weighted by Gasteiger charge is -2.45. The van der Waals surface area contributed by atoms with Gasteiger partial charge in [-0.3, -0.25) is 0 Å². The number of rotatable bonds is 9. The van der Waals surface area contributed by atoms with Crippen LogP contribution in [0.2, 0.25) is 0 Å². The van der Waals surface area contributed by atoms with Crippen molar-refractivity contribution in [2.75, 3.05) is 13.7 Å². The number of hydrogen-bond donors (Lipinski definition) is 2. The molecule has 4 fully saturated rings. The average molecular weight is 445 g/mol. The predicted molar refractivity (Wildman–Crippen MR) is 131 cm³/mol. The highest BCUT2D eigenvalue weighted by Gasteiger charge is 2.64. The van der Waals surface area contributed by atoms with Crippen molar-refractivity contribution in [2.24, 2.45) is 34.5 Å². The Balaban J connectivity index is 1.49. The van der Waals surface area contributed by atoms with Gasteiger partial charge in [-0.2, -0.15) is 0 Å². The van der Waals surface area contributed by atoms with E-state index < -0.39 is 5.60 Å². The van der Waals surface area contributed by atoms with E-state index in [0.29, 0.717) is 11.3 Å². The molecule has 0 saturated heterocycles. The van der Waals surface area contributed by atoms with Gasteiger partial charge in [-0.25, -0.2) is 0 Å². The molecule has 0 heterocycles.